The Balaban J connectivity index is 1.81. The molecule has 2 bridgehead atoms. The van der Waals surface area contributed by atoms with Crippen LogP contribution in [0.25, 0.3) is 0 Å². The first-order valence-corrected chi connectivity index (χ1v) is 15.9. The van der Waals surface area contributed by atoms with Crippen LogP contribution in [0.1, 0.15) is 44.2 Å². The predicted molar refractivity (Wildman–Crippen MR) is 164 cm³/mol. The van der Waals surface area contributed by atoms with E-state index < -0.39 is 28.7 Å². The Kier molecular flexibility index (Phi) is 9.57. The third-order valence-electron chi connectivity index (χ3n) is 8.58. The molecule has 3 unspecified atom stereocenters. The molecule has 0 radical (unpaired) electrons. The van der Waals surface area contributed by atoms with Gasteiger partial charge in [0.2, 0.25) is 5.91 Å². The number of alkyl halides is 1. The Morgan fingerprint density at radius 2 is 2.02 bits per heavy atom. The van der Waals surface area contributed by atoms with Gasteiger partial charge in [0.05, 0.1) is 35.8 Å². The summed E-state index contributed by atoms with van der Waals surface area (Å²) in [5, 5.41) is 10.3. The summed E-state index contributed by atoms with van der Waals surface area (Å²) in [5.41, 5.74) is 2.73. The summed E-state index contributed by atoms with van der Waals surface area (Å²) >= 11 is 5.38. The third kappa shape index (κ3) is 5.18. The molecule has 0 aromatic heterocycles. The van der Waals surface area contributed by atoms with Gasteiger partial charge in [-0.05, 0) is 56.2 Å². The second kappa shape index (κ2) is 12.4. The first-order chi connectivity index (χ1) is 19.0. The van der Waals surface area contributed by atoms with Gasteiger partial charge in [0.1, 0.15) is 6.04 Å². The zero-order chi connectivity index (χ0) is 29.4. The van der Waals surface area contributed by atoms with Crippen LogP contribution in [-0.2, 0) is 19.1 Å². The highest BCUT2D eigenvalue weighted by molar-refractivity contribution is 9.09. The summed E-state index contributed by atoms with van der Waals surface area (Å²) < 4.78 is 4.86. The van der Waals surface area contributed by atoms with Crippen molar-refractivity contribution < 1.29 is 24.2 Å². The molecule has 3 heterocycles. The van der Waals surface area contributed by atoms with Gasteiger partial charge in [-0.1, -0.05) is 54.1 Å². The molecular formula is C31H41BrN2O5S. The number of amides is 2. The van der Waals surface area contributed by atoms with Crippen LogP contribution < -0.4 is 4.90 Å². The normalized spacial score (nSPS) is 29.4. The van der Waals surface area contributed by atoms with Gasteiger partial charge >= 0.3 is 5.97 Å². The minimum atomic E-state index is -0.849. The molecular weight excluding hydrogens is 592 g/mol. The highest BCUT2D eigenvalue weighted by Crippen LogP contribution is 2.68. The van der Waals surface area contributed by atoms with Crippen LogP contribution in [0.3, 0.4) is 0 Å². The first kappa shape index (κ1) is 30.8. The number of carbonyl (C=O) groups is 3. The maximum Gasteiger partial charge on any atom is 0.310 e. The molecule has 4 rings (SSSR count). The number of anilines is 1. The second-order valence-electron chi connectivity index (χ2n) is 11.5. The minimum absolute atomic E-state index is 0.0530. The number of benzene rings is 1. The fraction of sp³-hybridized carbons (Fsp3) is 0.581. The molecule has 2 amide bonds. The number of ether oxygens (including phenoxy) is 1. The van der Waals surface area contributed by atoms with E-state index in [-0.39, 0.29) is 53.5 Å². The molecule has 0 aliphatic carbocycles. The molecule has 3 saturated heterocycles. The van der Waals surface area contributed by atoms with Crippen molar-refractivity contribution in [2.75, 3.05) is 24.7 Å². The minimum Gasteiger partial charge on any atom is -0.465 e. The van der Waals surface area contributed by atoms with Gasteiger partial charge in [-0.25, -0.2) is 0 Å². The first-order valence-electron chi connectivity index (χ1n) is 14.1. The van der Waals surface area contributed by atoms with E-state index in [1.807, 2.05) is 45.9 Å². The van der Waals surface area contributed by atoms with Gasteiger partial charge in [-0.2, -0.15) is 0 Å². The van der Waals surface area contributed by atoms with Crippen LogP contribution in [0, 0.1) is 31.6 Å². The maximum absolute atomic E-state index is 14.8. The molecule has 7 atom stereocenters. The monoisotopic (exact) mass is 632 g/mol. The summed E-state index contributed by atoms with van der Waals surface area (Å²) in [7, 11) is 0. The highest BCUT2D eigenvalue weighted by Gasteiger charge is 2.76. The van der Waals surface area contributed by atoms with E-state index in [0.29, 0.717) is 12.8 Å². The van der Waals surface area contributed by atoms with E-state index in [1.165, 1.54) is 0 Å². The number of esters is 1. The maximum atomic E-state index is 14.8. The lowest BCUT2D eigenvalue weighted by Crippen LogP contribution is -2.59. The molecule has 7 nitrogen and oxygen atoms in total. The molecule has 3 aliphatic heterocycles. The summed E-state index contributed by atoms with van der Waals surface area (Å²) in [5.74, 6) is -2.31. The Bertz CT molecular complexity index is 1170. The average Bonchev–Trinajstić information content (AvgIpc) is 3.50. The second-order valence-corrected chi connectivity index (χ2v) is 14.2. The van der Waals surface area contributed by atoms with E-state index >= 15 is 0 Å². The Labute approximate surface area is 250 Å². The number of likely N-dealkylation sites (tertiary alicyclic amines) is 1. The summed E-state index contributed by atoms with van der Waals surface area (Å²) in [6.07, 6.45) is 5.44. The summed E-state index contributed by atoms with van der Waals surface area (Å²) in [4.78, 5) is 46.0. The lowest BCUT2D eigenvalue weighted by atomic mass is 9.71. The van der Waals surface area contributed by atoms with Gasteiger partial charge in [0.15, 0.2) is 0 Å². The SMILES string of the molecule is C=CCCCOC(=O)[C@H]1[C@@H]2SC3(CC2Br)C(C(=O)N(CC=C)c2cc(C)ccc2C)N([C@@H](CO)C(C)C)C(=O)[C@H]13. The number of aliphatic hydroxyl groups excluding tert-OH is 1. The molecule has 0 saturated carbocycles. The fourth-order valence-electron chi connectivity index (χ4n) is 6.68. The van der Waals surface area contributed by atoms with Crippen molar-refractivity contribution in [2.45, 2.75) is 73.9 Å². The number of aliphatic hydroxyl groups is 1. The largest absolute Gasteiger partial charge is 0.465 e. The zero-order valence-corrected chi connectivity index (χ0v) is 26.2. The average molecular weight is 634 g/mol. The van der Waals surface area contributed by atoms with Gasteiger partial charge in [-0.3, -0.25) is 14.4 Å². The number of halogens is 1. The van der Waals surface area contributed by atoms with E-state index in [1.54, 1.807) is 33.7 Å². The topological polar surface area (TPSA) is 87.2 Å². The molecule has 40 heavy (non-hydrogen) atoms. The molecule has 3 fully saturated rings. The number of hydrogen-bond acceptors (Lipinski definition) is 6. The number of allylic oxidation sites excluding steroid dienone is 1. The van der Waals surface area contributed by atoms with E-state index in [2.05, 4.69) is 29.1 Å². The number of carbonyl (C=O) groups excluding carboxylic acids is 3. The van der Waals surface area contributed by atoms with Crippen LogP contribution >= 0.6 is 27.7 Å². The predicted octanol–water partition coefficient (Wildman–Crippen LogP) is 4.81. The Hall–Kier alpha value is -2.10. The van der Waals surface area contributed by atoms with Crippen molar-refractivity contribution >= 4 is 51.2 Å². The quantitative estimate of drug-likeness (QED) is 0.154. The number of unbranched alkanes of at least 4 members (excludes halogenated alkanes) is 1. The molecule has 1 aromatic carbocycles. The Morgan fingerprint density at radius 3 is 2.65 bits per heavy atom. The van der Waals surface area contributed by atoms with Crippen molar-refractivity contribution in [1.82, 2.24) is 4.90 Å². The van der Waals surface area contributed by atoms with Crippen LogP contribution in [-0.4, -0.2) is 74.5 Å². The van der Waals surface area contributed by atoms with E-state index in [9.17, 15) is 19.5 Å². The molecule has 218 valence electrons. The number of nitrogens with zero attached hydrogens (tertiary/aromatic N) is 2. The standard InChI is InChI=1S/C31H41BrN2O5S/c1-7-9-10-14-39-30(38)24-25-28(36)34(23(17-35)18(3)4)27(31(25)16-21(32)26(24)40-31)29(37)33(13-8-2)22-15-19(5)11-12-20(22)6/h7-8,11-12,15,18,21,23-27,35H,1-2,9-10,13-14,16-17H2,3-6H3/t21?,23-,24+,25-,26+,27?,31?/m0/s1. The zero-order valence-electron chi connectivity index (χ0n) is 23.8. The molecule has 9 heteroatoms. The van der Waals surface area contributed by atoms with Crippen molar-refractivity contribution in [3.8, 4) is 0 Å². The molecule has 1 spiro atoms. The van der Waals surface area contributed by atoms with Gasteiger partial charge in [0.25, 0.3) is 5.91 Å². The van der Waals surface area contributed by atoms with Crippen LogP contribution in [0.4, 0.5) is 5.69 Å². The third-order valence-corrected chi connectivity index (χ3v) is 11.8. The smallest absolute Gasteiger partial charge is 0.310 e. The van der Waals surface area contributed by atoms with Crippen molar-refractivity contribution in [2.24, 2.45) is 17.8 Å². The molecule has 1 N–H and O–H groups in total. The molecule has 1 aromatic rings. The van der Waals surface area contributed by atoms with Crippen molar-refractivity contribution in [3.05, 3.63) is 54.6 Å². The van der Waals surface area contributed by atoms with Crippen LogP contribution in [0.5, 0.6) is 0 Å². The van der Waals surface area contributed by atoms with Crippen LogP contribution in [0.15, 0.2) is 43.5 Å². The lowest BCUT2D eigenvalue weighted by Gasteiger charge is -2.41. The number of rotatable bonds is 12. The van der Waals surface area contributed by atoms with E-state index in [4.69, 9.17) is 4.74 Å². The number of aryl methyl sites for hydroxylation is 2. The Morgan fingerprint density at radius 1 is 1.30 bits per heavy atom. The fourth-order valence-corrected chi connectivity index (χ4v) is 10.3. The van der Waals surface area contributed by atoms with E-state index in [0.717, 1.165) is 23.2 Å². The van der Waals surface area contributed by atoms with Crippen molar-refractivity contribution in [3.63, 3.8) is 0 Å². The van der Waals surface area contributed by atoms with Gasteiger partial charge in [0, 0.05) is 22.3 Å². The van der Waals surface area contributed by atoms with Gasteiger partial charge < -0.3 is 19.6 Å². The van der Waals surface area contributed by atoms with Crippen molar-refractivity contribution in [1.29, 1.82) is 0 Å². The summed E-state index contributed by atoms with van der Waals surface area (Å²) in [6, 6.07) is 4.56. The summed E-state index contributed by atoms with van der Waals surface area (Å²) in [6.45, 7) is 15.7. The number of fused-ring (bicyclic) bond motifs is 1. The molecule has 3 aliphatic rings. The van der Waals surface area contributed by atoms with Gasteiger partial charge in [-0.15, -0.1) is 24.9 Å². The number of thioether (sulfide) groups is 1. The van der Waals surface area contributed by atoms with Crippen LogP contribution in [0.2, 0.25) is 0 Å². The lowest BCUT2D eigenvalue weighted by molar-refractivity contribution is -0.154. The highest BCUT2D eigenvalue weighted by atomic mass is 79.9. The number of hydrogen-bond donors (Lipinski definition) is 1.